The molecule has 0 saturated carbocycles. The van der Waals surface area contributed by atoms with Crippen LogP contribution in [-0.4, -0.2) is 42.6 Å². The summed E-state index contributed by atoms with van der Waals surface area (Å²) in [5.74, 6) is 2.17. The average Bonchev–Trinajstić information content (AvgIpc) is 2.68. The van der Waals surface area contributed by atoms with E-state index < -0.39 is 0 Å². The molecule has 0 bridgehead atoms. The van der Waals surface area contributed by atoms with Crippen LogP contribution >= 0.6 is 0 Å². The number of carbonyl (C=O) groups excluding carboxylic acids is 1. The van der Waals surface area contributed by atoms with Crippen LogP contribution in [-0.2, 0) is 6.42 Å². The van der Waals surface area contributed by atoms with E-state index in [0.717, 1.165) is 36.6 Å². The number of carbonyl (C=O) groups is 1. The van der Waals surface area contributed by atoms with Crippen LogP contribution < -0.4 is 15.0 Å². The zero-order valence-corrected chi connectivity index (χ0v) is 15.4. The normalized spacial score (nSPS) is 17.0. The predicted molar refractivity (Wildman–Crippen MR) is 102 cm³/mol. The van der Waals surface area contributed by atoms with Gasteiger partial charge in [0.15, 0.2) is 0 Å². The van der Waals surface area contributed by atoms with E-state index in [0.29, 0.717) is 18.2 Å². The van der Waals surface area contributed by atoms with Crippen LogP contribution in [0.3, 0.4) is 0 Å². The molecule has 26 heavy (non-hydrogen) atoms. The fraction of sp³-hybridized carbons (Fsp3) is 0.450. The predicted octanol–water partition coefficient (Wildman–Crippen LogP) is 2.69. The first-order chi connectivity index (χ1) is 12.7. The zero-order chi connectivity index (χ0) is 18.4. The summed E-state index contributed by atoms with van der Waals surface area (Å²) in [5.41, 5.74) is 1.50. The quantitative estimate of drug-likeness (QED) is 0.864. The maximum absolute atomic E-state index is 12.2. The van der Waals surface area contributed by atoms with Gasteiger partial charge in [0.1, 0.15) is 17.3 Å². The van der Waals surface area contributed by atoms with Gasteiger partial charge >= 0.3 is 0 Å². The van der Waals surface area contributed by atoms with E-state index in [2.05, 4.69) is 27.1 Å². The summed E-state index contributed by atoms with van der Waals surface area (Å²) in [6.07, 6.45) is 6.47. The van der Waals surface area contributed by atoms with Gasteiger partial charge in [-0.1, -0.05) is 19.1 Å². The van der Waals surface area contributed by atoms with Gasteiger partial charge < -0.3 is 15.0 Å². The van der Waals surface area contributed by atoms with E-state index in [1.807, 2.05) is 24.3 Å². The summed E-state index contributed by atoms with van der Waals surface area (Å²) in [5, 5.41) is 2.90. The molecule has 1 atom stereocenters. The second-order valence-electron chi connectivity index (χ2n) is 6.81. The zero-order valence-electron chi connectivity index (χ0n) is 15.4. The Labute approximate surface area is 154 Å². The summed E-state index contributed by atoms with van der Waals surface area (Å²) in [6.45, 7) is 4.82. The minimum Gasteiger partial charge on any atom is -0.497 e. The van der Waals surface area contributed by atoms with Crippen LogP contribution in [0.4, 0.5) is 5.82 Å². The fourth-order valence-electron chi connectivity index (χ4n) is 3.20. The lowest BCUT2D eigenvalue weighted by Gasteiger charge is -2.31. The first-order valence-corrected chi connectivity index (χ1v) is 9.14. The maximum atomic E-state index is 12.2. The van der Waals surface area contributed by atoms with Crippen molar-refractivity contribution in [1.82, 2.24) is 15.3 Å². The van der Waals surface area contributed by atoms with E-state index in [4.69, 9.17) is 4.74 Å². The van der Waals surface area contributed by atoms with Crippen molar-refractivity contribution >= 4 is 11.7 Å². The molecule has 1 unspecified atom stereocenters. The summed E-state index contributed by atoms with van der Waals surface area (Å²) in [4.78, 5) is 23.2. The Morgan fingerprint density at radius 2 is 2.08 bits per heavy atom. The molecular formula is C20H26N4O2. The molecule has 1 amide bonds. The first-order valence-electron chi connectivity index (χ1n) is 9.14. The maximum Gasteiger partial charge on any atom is 0.271 e. The highest BCUT2D eigenvalue weighted by Crippen LogP contribution is 2.20. The SMILES string of the molecule is COc1ccc(CCNC(=O)c2cnc(N3CCCC(C)C3)cn2)cc1. The van der Waals surface area contributed by atoms with Gasteiger partial charge in [-0.05, 0) is 42.9 Å². The number of benzene rings is 1. The molecule has 2 aromatic rings. The van der Waals surface area contributed by atoms with E-state index in [-0.39, 0.29) is 5.91 Å². The second-order valence-corrected chi connectivity index (χ2v) is 6.81. The Kier molecular flexibility index (Phi) is 6.04. The number of nitrogens with one attached hydrogen (secondary N) is 1. The highest BCUT2D eigenvalue weighted by Gasteiger charge is 2.18. The number of rotatable bonds is 6. The number of hydrogen-bond acceptors (Lipinski definition) is 5. The molecule has 1 aliphatic heterocycles. The van der Waals surface area contributed by atoms with Gasteiger partial charge in [0.25, 0.3) is 5.91 Å². The standard InChI is InChI=1S/C20H26N4O2/c1-15-4-3-11-24(14-15)19-13-22-18(12-23-19)20(25)21-10-9-16-5-7-17(26-2)8-6-16/h5-8,12-13,15H,3-4,9-11,14H2,1-2H3,(H,21,25). The lowest BCUT2D eigenvalue weighted by molar-refractivity contribution is 0.0949. The van der Waals surface area contributed by atoms with Crippen molar-refractivity contribution in [3.05, 3.63) is 47.9 Å². The second kappa shape index (κ2) is 8.65. The van der Waals surface area contributed by atoms with Crippen molar-refractivity contribution in [2.24, 2.45) is 5.92 Å². The Bertz CT molecular complexity index is 716. The highest BCUT2D eigenvalue weighted by atomic mass is 16.5. The molecule has 0 aliphatic carbocycles. The Morgan fingerprint density at radius 3 is 2.73 bits per heavy atom. The molecule has 0 spiro atoms. The van der Waals surface area contributed by atoms with E-state index >= 15 is 0 Å². The van der Waals surface area contributed by atoms with Crippen molar-refractivity contribution in [2.75, 3.05) is 31.6 Å². The van der Waals surface area contributed by atoms with Gasteiger partial charge in [0.2, 0.25) is 0 Å². The van der Waals surface area contributed by atoms with Crippen LogP contribution in [0.25, 0.3) is 0 Å². The van der Waals surface area contributed by atoms with Crippen LogP contribution in [0.1, 0.15) is 35.8 Å². The van der Waals surface area contributed by atoms with Crippen molar-refractivity contribution in [2.45, 2.75) is 26.2 Å². The van der Waals surface area contributed by atoms with E-state index in [1.165, 1.54) is 12.8 Å². The van der Waals surface area contributed by atoms with Crippen LogP contribution in [0.15, 0.2) is 36.7 Å². The number of methoxy groups -OCH3 is 1. The molecular weight excluding hydrogens is 328 g/mol. The minimum absolute atomic E-state index is 0.190. The van der Waals surface area contributed by atoms with Crippen molar-refractivity contribution < 1.29 is 9.53 Å². The molecule has 1 aromatic carbocycles. The Balaban J connectivity index is 1.49. The number of anilines is 1. The van der Waals surface area contributed by atoms with E-state index in [1.54, 1.807) is 19.5 Å². The third-order valence-corrected chi connectivity index (χ3v) is 4.71. The van der Waals surface area contributed by atoms with Gasteiger partial charge in [-0.3, -0.25) is 4.79 Å². The molecule has 0 radical (unpaired) electrons. The average molecular weight is 354 g/mol. The van der Waals surface area contributed by atoms with Crippen LogP contribution in [0.5, 0.6) is 5.75 Å². The third-order valence-electron chi connectivity index (χ3n) is 4.71. The molecule has 3 rings (SSSR count). The molecule has 1 saturated heterocycles. The number of piperidine rings is 1. The van der Waals surface area contributed by atoms with E-state index in [9.17, 15) is 4.79 Å². The minimum atomic E-state index is -0.190. The summed E-state index contributed by atoms with van der Waals surface area (Å²) < 4.78 is 5.14. The fourth-order valence-corrected chi connectivity index (χ4v) is 3.20. The Hall–Kier alpha value is -2.63. The first kappa shape index (κ1) is 18.2. The van der Waals surface area contributed by atoms with Crippen molar-refractivity contribution in [3.8, 4) is 5.75 Å². The van der Waals surface area contributed by atoms with Gasteiger partial charge in [-0.25, -0.2) is 9.97 Å². The van der Waals surface area contributed by atoms with Gasteiger partial charge in [0, 0.05) is 19.6 Å². The number of aromatic nitrogens is 2. The molecule has 6 nitrogen and oxygen atoms in total. The number of hydrogen-bond donors (Lipinski definition) is 1. The lowest BCUT2D eigenvalue weighted by Crippen LogP contribution is -2.35. The number of nitrogens with zero attached hydrogens (tertiary/aromatic N) is 3. The highest BCUT2D eigenvalue weighted by molar-refractivity contribution is 5.92. The number of amides is 1. The molecule has 138 valence electrons. The molecule has 1 aromatic heterocycles. The van der Waals surface area contributed by atoms with Crippen LogP contribution in [0.2, 0.25) is 0 Å². The summed E-state index contributed by atoms with van der Waals surface area (Å²) in [6, 6.07) is 7.84. The smallest absolute Gasteiger partial charge is 0.271 e. The molecule has 1 fully saturated rings. The molecule has 2 heterocycles. The Morgan fingerprint density at radius 1 is 1.27 bits per heavy atom. The van der Waals surface area contributed by atoms with Crippen molar-refractivity contribution in [1.29, 1.82) is 0 Å². The summed E-state index contributed by atoms with van der Waals surface area (Å²) in [7, 11) is 1.65. The van der Waals surface area contributed by atoms with Gasteiger partial charge in [-0.15, -0.1) is 0 Å². The van der Waals surface area contributed by atoms with Gasteiger partial charge in [-0.2, -0.15) is 0 Å². The lowest BCUT2D eigenvalue weighted by atomic mass is 10.0. The number of ether oxygens (including phenoxy) is 1. The molecule has 1 aliphatic rings. The van der Waals surface area contributed by atoms with Gasteiger partial charge in [0.05, 0.1) is 19.5 Å². The molecule has 6 heteroatoms. The van der Waals surface area contributed by atoms with Crippen LogP contribution in [0, 0.1) is 5.92 Å². The summed E-state index contributed by atoms with van der Waals surface area (Å²) >= 11 is 0. The third kappa shape index (κ3) is 4.71. The monoisotopic (exact) mass is 354 g/mol. The topological polar surface area (TPSA) is 67.3 Å². The largest absolute Gasteiger partial charge is 0.497 e. The molecule has 1 N–H and O–H groups in total. The van der Waals surface area contributed by atoms with Crippen molar-refractivity contribution in [3.63, 3.8) is 0 Å².